The van der Waals surface area contributed by atoms with Crippen LogP contribution in [0, 0.1) is 0 Å². The number of hydrogen-bond acceptors (Lipinski definition) is 5. The second kappa shape index (κ2) is 9.42. The third-order valence-corrected chi connectivity index (χ3v) is 5.56. The van der Waals surface area contributed by atoms with E-state index in [1.807, 2.05) is 0 Å². The molecule has 1 aromatic heterocycles. The predicted molar refractivity (Wildman–Crippen MR) is 117 cm³/mol. The maximum absolute atomic E-state index is 12.8. The summed E-state index contributed by atoms with van der Waals surface area (Å²) in [5.74, 6) is -1.26. The molecular formula is C20H17Cl2N3O4S. The molecule has 0 fully saturated rings. The molecule has 156 valence electrons. The molecule has 3 aromatic rings. The van der Waals surface area contributed by atoms with E-state index in [1.54, 1.807) is 35.8 Å². The highest BCUT2D eigenvalue weighted by molar-refractivity contribution is 7.16. The van der Waals surface area contributed by atoms with Crippen LogP contribution in [0.4, 0.5) is 5.69 Å². The molecular weight excluding hydrogens is 449 g/mol. The lowest BCUT2D eigenvalue weighted by Crippen LogP contribution is -2.23. The number of hydrogen-bond donors (Lipinski definition) is 1. The van der Waals surface area contributed by atoms with Gasteiger partial charge in [0.05, 0.1) is 27.4 Å². The maximum atomic E-state index is 12.8. The number of fused-ring (bicyclic) bond motifs is 1. The summed E-state index contributed by atoms with van der Waals surface area (Å²) >= 11 is 13.3. The van der Waals surface area contributed by atoms with Crippen molar-refractivity contribution in [2.45, 2.75) is 20.4 Å². The number of benzene rings is 2. The summed E-state index contributed by atoms with van der Waals surface area (Å²) in [6.07, 6.45) is 0. The lowest BCUT2D eigenvalue weighted by molar-refractivity contribution is -0.143. The highest BCUT2D eigenvalue weighted by Crippen LogP contribution is 2.24. The van der Waals surface area contributed by atoms with Gasteiger partial charge in [-0.1, -0.05) is 34.5 Å². The molecule has 2 amide bonds. The minimum absolute atomic E-state index is 0.122. The number of nitrogens with zero attached hydrogens (tertiary/aromatic N) is 2. The Morgan fingerprint density at radius 1 is 1.17 bits per heavy atom. The minimum atomic E-state index is -0.589. The molecule has 0 bridgehead atoms. The van der Waals surface area contributed by atoms with E-state index in [1.165, 1.54) is 30.4 Å². The zero-order valence-corrected chi connectivity index (χ0v) is 18.4. The Bertz CT molecular complexity index is 1220. The van der Waals surface area contributed by atoms with Crippen molar-refractivity contribution in [2.24, 2.45) is 4.99 Å². The highest BCUT2D eigenvalue weighted by atomic mass is 35.5. The number of rotatable bonds is 5. The number of halogens is 2. The molecule has 30 heavy (non-hydrogen) atoms. The number of esters is 1. The largest absolute Gasteiger partial charge is 0.465 e. The van der Waals surface area contributed by atoms with E-state index in [4.69, 9.17) is 27.9 Å². The molecule has 0 aliphatic heterocycles. The molecule has 0 radical (unpaired) electrons. The van der Waals surface area contributed by atoms with Crippen molar-refractivity contribution in [3.8, 4) is 0 Å². The van der Waals surface area contributed by atoms with Crippen LogP contribution < -0.4 is 10.1 Å². The van der Waals surface area contributed by atoms with E-state index >= 15 is 0 Å². The molecule has 1 N–H and O–H groups in total. The zero-order valence-electron chi connectivity index (χ0n) is 16.1. The van der Waals surface area contributed by atoms with Crippen molar-refractivity contribution in [2.75, 3.05) is 11.9 Å². The van der Waals surface area contributed by atoms with E-state index in [9.17, 15) is 14.4 Å². The van der Waals surface area contributed by atoms with Gasteiger partial charge in [-0.15, -0.1) is 0 Å². The summed E-state index contributed by atoms with van der Waals surface area (Å²) in [7, 11) is 0. The zero-order chi connectivity index (χ0) is 21.8. The van der Waals surface area contributed by atoms with Crippen LogP contribution in [0.2, 0.25) is 10.0 Å². The van der Waals surface area contributed by atoms with E-state index < -0.39 is 11.9 Å². The summed E-state index contributed by atoms with van der Waals surface area (Å²) in [4.78, 5) is 40.7. The van der Waals surface area contributed by atoms with Gasteiger partial charge in [-0.3, -0.25) is 14.4 Å². The van der Waals surface area contributed by atoms with Gasteiger partial charge in [-0.2, -0.15) is 4.99 Å². The Morgan fingerprint density at radius 3 is 2.63 bits per heavy atom. The van der Waals surface area contributed by atoms with Crippen LogP contribution in [0.5, 0.6) is 0 Å². The highest BCUT2D eigenvalue weighted by Gasteiger charge is 2.15. The summed E-state index contributed by atoms with van der Waals surface area (Å²) in [5.41, 5.74) is 1.42. The summed E-state index contributed by atoms with van der Waals surface area (Å²) in [6.45, 7) is 3.23. The van der Waals surface area contributed by atoms with Gasteiger partial charge in [-0.05, 0) is 43.3 Å². The Labute approximate surface area is 185 Å². The number of anilines is 1. The van der Waals surface area contributed by atoms with Gasteiger partial charge in [0.25, 0.3) is 5.91 Å². The Morgan fingerprint density at radius 2 is 1.93 bits per heavy atom. The van der Waals surface area contributed by atoms with Crippen molar-refractivity contribution in [1.82, 2.24) is 4.57 Å². The summed E-state index contributed by atoms with van der Waals surface area (Å²) < 4.78 is 7.36. The molecule has 1 heterocycles. The number of carbonyl (C=O) groups excluding carboxylic acids is 3. The lowest BCUT2D eigenvalue weighted by atomic mass is 10.2. The Hall–Kier alpha value is -2.68. The third-order valence-electron chi connectivity index (χ3n) is 3.95. The van der Waals surface area contributed by atoms with Crippen molar-refractivity contribution in [3.05, 3.63) is 56.8 Å². The first-order valence-electron chi connectivity index (χ1n) is 8.89. The fraction of sp³-hybridized carbons (Fsp3) is 0.200. The first-order valence-corrected chi connectivity index (χ1v) is 10.5. The van der Waals surface area contributed by atoms with E-state index in [2.05, 4.69) is 10.3 Å². The van der Waals surface area contributed by atoms with E-state index in [0.717, 1.165) is 4.70 Å². The predicted octanol–water partition coefficient (Wildman–Crippen LogP) is 4.27. The van der Waals surface area contributed by atoms with Gasteiger partial charge in [0.1, 0.15) is 6.54 Å². The molecule has 0 aliphatic rings. The van der Waals surface area contributed by atoms with Gasteiger partial charge in [0.2, 0.25) is 5.91 Å². The fourth-order valence-corrected chi connectivity index (χ4v) is 4.17. The van der Waals surface area contributed by atoms with Crippen LogP contribution in [-0.2, 0) is 20.9 Å². The fourth-order valence-electron chi connectivity index (χ4n) is 2.74. The van der Waals surface area contributed by atoms with Gasteiger partial charge in [0.15, 0.2) is 4.80 Å². The molecule has 0 saturated carbocycles. The van der Waals surface area contributed by atoms with Gasteiger partial charge in [-0.25, -0.2) is 0 Å². The number of carbonyl (C=O) groups is 3. The molecule has 7 nitrogen and oxygen atoms in total. The Kier molecular flexibility index (Phi) is 6.91. The second-order valence-electron chi connectivity index (χ2n) is 6.18. The minimum Gasteiger partial charge on any atom is -0.465 e. The number of nitrogens with one attached hydrogen (secondary N) is 1. The van der Waals surface area contributed by atoms with Crippen LogP contribution in [0.3, 0.4) is 0 Å². The van der Waals surface area contributed by atoms with Crippen LogP contribution in [0.25, 0.3) is 10.2 Å². The monoisotopic (exact) mass is 465 g/mol. The average Bonchev–Trinajstić information content (AvgIpc) is 2.99. The van der Waals surface area contributed by atoms with Crippen molar-refractivity contribution in [3.63, 3.8) is 0 Å². The SMILES string of the molecule is CCOC(=O)Cn1c(=NC(=O)c2cc(Cl)ccc2Cl)sc2cc(NC(C)=O)ccc21. The number of thiazole rings is 1. The standard InChI is InChI=1S/C20H17Cl2N3O4S/c1-3-29-18(27)10-25-16-7-5-13(23-11(2)26)9-17(16)30-20(25)24-19(28)14-8-12(21)4-6-15(14)22/h4-9H,3,10H2,1-2H3,(H,23,26). The normalized spacial score (nSPS) is 11.5. The van der Waals surface area contributed by atoms with Crippen molar-refractivity contribution < 1.29 is 19.1 Å². The quantitative estimate of drug-likeness (QED) is 0.569. The van der Waals surface area contributed by atoms with Crippen molar-refractivity contribution in [1.29, 1.82) is 0 Å². The molecule has 0 spiro atoms. The van der Waals surface area contributed by atoms with E-state index in [-0.39, 0.29) is 29.6 Å². The summed E-state index contributed by atoms with van der Waals surface area (Å²) in [6, 6.07) is 9.73. The van der Waals surface area contributed by atoms with E-state index in [0.29, 0.717) is 21.0 Å². The smallest absolute Gasteiger partial charge is 0.326 e. The van der Waals surface area contributed by atoms with Crippen LogP contribution in [-0.4, -0.2) is 29.0 Å². The molecule has 10 heteroatoms. The molecule has 0 unspecified atom stereocenters. The van der Waals surface area contributed by atoms with Gasteiger partial charge < -0.3 is 14.6 Å². The lowest BCUT2D eigenvalue weighted by Gasteiger charge is -2.06. The first kappa shape index (κ1) is 22.0. The van der Waals surface area contributed by atoms with Crippen LogP contribution >= 0.6 is 34.5 Å². The molecule has 0 saturated heterocycles. The molecule has 0 atom stereocenters. The van der Waals surface area contributed by atoms with Gasteiger partial charge >= 0.3 is 5.97 Å². The average molecular weight is 466 g/mol. The van der Waals surface area contributed by atoms with Crippen molar-refractivity contribution >= 4 is 68.2 Å². The number of ether oxygens (including phenoxy) is 1. The number of amides is 2. The van der Waals surface area contributed by atoms with Crippen LogP contribution in [0.1, 0.15) is 24.2 Å². The Balaban J connectivity index is 2.13. The first-order chi connectivity index (χ1) is 14.3. The molecule has 0 aliphatic carbocycles. The molecule has 3 rings (SSSR count). The third kappa shape index (κ3) is 5.08. The van der Waals surface area contributed by atoms with Crippen LogP contribution in [0.15, 0.2) is 41.4 Å². The number of aromatic nitrogens is 1. The topological polar surface area (TPSA) is 89.8 Å². The van der Waals surface area contributed by atoms with Gasteiger partial charge in [0, 0.05) is 17.6 Å². The summed E-state index contributed by atoms with van der Waals surface area (Å²) in [5, 5.41) is 3.28. The second-order valence-corrected chi connectivity index (χ2v) is 8.03. The maximum Gasteiger partial charge on any atom is 0.326 e. The molecule has 2 aromatic carbocycles.